The minimum atomic E-state index is -0.665. The lowest BCUT2D eigenvalue weighted by atomic mass is 9.97. The standard InChI is InChI=1S/C35H38O6/c1-36-35-34(40-25-30-20-12-5-13-21-30)33(39-24-29-18-10-4-11-19-29)32(38-23-28-16-8-3-9-17-28)31(41-35)26-37-22-27-14-6-2-7-15-27/h2-21,31-35H,22-26H2,1H3/t31-,32+,33+,34-,35-/m1/s1. The average Bonchev–Trinajstić information content (AvgIpc) is 3.04. The molecule has 4 aromatic rings. The minimum absolute atomic E-state index is 0.310. The Bertz CT molecular complexity index is 1260. The Kier molecular flexibility index (Phi) is 11.1. The molecule has 1 heterocycles. The van der Waals surface area contributed by atoms with Crippen molar-refractivity contribution in [2.75, 3.05) is 13.7 Å². The molecule has 5 atom stereocenters. The summed E-state index contributed by atoms with van der Waals surface area (Å²) < 4.78 is 38.2. The molecule has 1 aliphatic rings. The van der Waals surface area contributed by atoms with Crippen LogP contribution in [0.5, 0.6) is 0 Å². The second kappa shape index (κ2) is 15.6. The van der Waals surface area contributed by atoms with Gasteiger partial charge in [0.05, 0.1) is 33.0 Å². The molecule has 6 nitrogen and oxygen atoms in total. The van der Waals surface area contributed by atoms with Crippen LogP contribution in [0.4, 0.5) is 0 Å². The number of rotatable bonds is 14. The van der Waals surface area contributed by atoms with Gasteiger partial charge in [-0.1, -0.05) is 121 Å². The third kappa shape index (κ3) is 8.57. The van der Waals surface area contributed by atoms with E-state index in [1.54, 1.807) is 7.11 Å². The number of benzene rings is 4. The van der Waals surface area contributed by atoms with Gasteiger partial charge in [0.15, 0.2) is 6.29 Å². The summed E-state index contributed by atoms with van der Waals surface area (Å²) in [6.45, 7) is 1.97. The highest BCUT2D eigenvalue weighted by molar-refractivity contribution is 5.16. The molecule has 5 rings (SSSR count). The molecule has 0 saturated carbocycles. The third-order valence-electron chi connectivity index (χ3n) is 7.07. The predicted molar refractivity (Wildman–Crippen MR) is 157 cm³/mol. The van der Waals surface area contributed by atoms with Crippen molar-refractivity contribution < 1.29 is 28.4 Å². The number of hydrogen-bond acceptors (Lipinski definition) is 6. The van der Waals surface area contributed by atoms with E-state index in [0.29, 0.717) is 33.0 Å². The molecule has 41 heavy (non-hydrogen) atoms. The Morgan fingerprint density at radius 3 is 1.32 bits per heavy atom. The van der Waals surface area contributed by atoms with E-state index in [-0.39, 0.29) is 0 Å². The summed E-state index contributed by atoms with van der Waals surface area (Å²) in [6.07, 6.45) is -2.59. The van der Waals surface area contributed by atoms with Gasteiger partial charge in [0, 0.05) is 7.11 Å². The van der Waals surface area contributed by atoms with Crippen molar-refractivity contribution in [3.8, 4) is 0 Å². The van der Waals surface area contributed by atoms with Crippen LogP contribution in [0, 0.1) is 0 Å². The molecule has 0 amide bonds. The Morgan fingerprint density at radius 1 is 0.488 bits per heavy atom. The summed E-state index contributed by atoms with van der Waals surface area (Å²) in [5.74, 6) is 0. The van der Waals surface area contributed by atoms with Crippen molar-refractivity contribution in [3.63, 3.8) is 0 Å². The van der Waals surface area contributed by atoms with Crippen molar-refractivity contribution in [2.45, 2.75) is 57.1 Å². The first-order valence-corrected chi connectivity index (χ1v) is 14.1. The van der Waals surface area contributed by atoms with Gasteiger partial charge in [-0.2, -0.15) is 0 Å². The van der Waals surface area contributed by atoms with Crippen molar-refractivity contribution in [1.29, 1.82) is 0 Å². The molecule has 0 aromatic heterocycles. The maximum atomic E-state index is 6.63. The third-order valence-corrected chi connectivity index (χ3v) is 7.07. The second-order valence-electron chi connectivity index (χ2n) is 10.1. The number of methoxy groups -OCH3 is 1. The highest BCUT2D eigenvalue weighted by Gasteiger charge is 2.48. The lowest BCUT2D eigenvalue weighted by molar-refractivity contribution is -0.323. The van der Waals surface area contributed by atoms with Crippen LogP contribution in [0.3, 0.4) is 0 Å². The van der Waals surface area contributed by atoms with Crippen LogP contribution < -0.4 is 0 Å². The fourth-order valence-corrected chi connectivity index (χ4v) is 4.94. The molecule has 0 radical (unpaired) electrons. The first-order chi connectivity index (χ1) is 20.3. The molecule has 214 valence electrons. The van der Waals surface area contributed by atoms with Gasteiger partial charge < -0.3 is 28.4 Å². The van der Waals surface area contributed by atoms with Crippen LogP contribution >= 0.6 is 0 Å². The van der Waals surface area contributed by atoms with Crippen LogP contribution in [-0.2, 0) is 54.8 Å². The lowest BCUT2D eigenvalue weighted by Crippen LogP contribution is -2.61. The molecule has 4 aromatic carbocycles. The molecule has 1 saturated heterocycles. The zero-order valence-corrected chi connectivity index (χ0v) is 23.4. The largest absolute Gasteiger partial charge is 0.374 e. The minimum Gasteiger partial charge on any atom is -0.374 e. The lowest BCUT2D eigenvalue weighted by Gasteiger charge is -2.45. The van der Waals surface area contributed by atoms with Crippen molar-refractivity contribution in [2.24, 2.45) is 0 Å². The molecule has 1 fully saturated rings. The first-order valence-electron chi connectivity index (χ1n) is 14.1. The highest BCUT2D eigenvalue weighted by Crippen LogP contribution is 2.31. The summed E-state index contributed by atoms with van der Waals surface area (Å²) in [4.78, 5) is 0. The molecule has 0 unspecified atom stereocenters. The molecule has 0 bridgehead atoms. The summed E-state index contributed by atoms with van der Waals surface area (Å²) in [5.41, 5.74) is 4.27. The normalized spacial score (nSPS) is 22.4. The monoisotopic (exact) mass is 554 g/mol. The summed E-state index contributed by atoms with van der Waals surface area (Å²) in [6, 6.07) is 40.4. The highest BCUT2D eigenvalue weighted by atomic mass is 16.7. The van der Waals surface area contributed by atoms with E-state index >= 15 is 0 Å². The number of ether oxygens (including phenoxy) is 6. The first kappa shape index (κ1) is 29.1. The van der Waals surface area contributed by atoms with Gasteiger partial charge in [0.1, 0.15) is 24.4 Å². The van der Waals surface area contributed by atoms with Crippen LogP contribution in [-0.4, -0.2) is 44.4 Å². The fourth-order valence-electron chi connectivity index (χ4n) is 4.94. The smallest absolute Gasteiger partial charge is 0.186 e. The van der Waals surface area contributed by atoms with Gasteiger partial charge in [0.25, 0.3) is 0 Å². The van der Waals surface area contributed by atoms with E-state index in [1.165, 1.54) is 0 Å². The molecule has 0 spiro atoms. The van der Waals surface area contributed by atoms with Crippen LogP contribution in [0.15, 0.2) is 121 Å². The Balaban J connectivity index is 1.38. The second-order valence-corrected chi connectivity index (χ2v) is 10.1. The predicted octanol–water partition coefficient (Wildman–Crippen LogP) is 6.33. The summed E-state index contributed by atoms with van der Waals surface area (Å²) in [5, 5.41) is 0. The Labute approximate surface area is 242 Å². The van der Waals surface area contributed by atoms with Crippen molar-refractivity contribution in [3.05, 3.63) is 144 Å². The fraction of sp³-hybridized carbons (Fsp3) is 0.314. The van der Waals surface area contributed by atoms with E-state index in [4.69, 9.17) is 28.4 Å². The molecule has 6 heteroatoms. The van der Waals surface area contributed by atoms with Gasteiger partial charge in [0.2, 0.25) is 0 Å². The quantitative estimate of drug-likeness (QED) is 0.182. The molecule has 0 aliphatic carbocycles. The van der Waals surface area contributed by atoms with E-state index < -0.39 is 30.7 Å². The molecule has 0 N–H and O–H groups in total. The zero-order chi connectivity index (χ0) is 28.1. The summed E-state index contributed by atoms with van der Waals surface area (Å²) in [7, 11) is 1.63. The van der Waals surface area contributed by atoms with E-state index in [9.17, 15) is 0 Å². The topological polar surface area (TPSA) is 55.4 Å². The maximum Gasteiger partial charge on any atom is 0.186 e. The molecule has 1 aliphatic heterocycles. The van der Waals surface area contributed by atoms with E-state index in [1.807, 2.05) is 121 Å². The van der Waals surface area contributed by atoms with Crippen molar-refractivity contribution >= 4 is 0 Å². The van der Waals surface area contributed by atoms with Crippen LogP contribution in [0.2, 0.25) is 0 Å². The van der Waals surface area contributed by atoms with Crippen molar-refractivity contribution in [1.82, 2.24) is 0 Å². The Hall–Kier alpha value is -3.36. The maximum absolute atomic E-state index is 6.63. The molecular weight excluding hydrogens is 516 g/mol. The van der Waals surface area contributed by atoms with Gasteiger partial charge in [-0.15, -0.1) is 0 Å². The zero-order valence-electron chi connectivity index (χ0n) is 23.4. The Morgan fingerprint density at radius 2 is 0.878 bits per heavy atom. The van der Waals surface area contributed by atoms with Gasteiger partial charge in [-0.25, -0.2) is 0 Å². The molecular formula is C35H38O6. The van der Waals surface area contributed by atoms with Gasteiger partial charge in [-0.3, -0.25) is 0 Å². The van der Waals surface area contributed by atoms with Gasteiger partial charge >= 0.3 is 0 Å². The SMILES string of the molecule is CO[C@@H]1O[C@H](COCc2ccccc2)[C@H](OCc2ccccc2)[C@H](OCc2ccccc2)[C@H]1OCc1ccccc1. The number of hydrogen-bond donors (Lipinski definition) is 0. The van der Waals surface area contributed by atoms with E-state index in [2.05, 4.69) is 0 Å². The summed E-state index contributed by atoms with van der Waals surface area (Å²) >= 11 is 0. The van der Waals surface area contributed by atoms with Crippen LogP contribution in [0.25, 0.3) is 0 Å². The van der Waals surface area contributed by atoms with E-state index in [0.717, 1.165) is 22.3 Å². The average molecular weight is 555 g/mol. The van der Waals surface area contributed by atoms with Crippen LogP contribution in [0.1, 0.15) is 22.3 Å². The van der Waals surface area contributed by atoms with Gasteiger partial charge in [-0.05, 0) is 22.3 Å².